The van der Waals surface area contributed by atoms with E-state index in [1.54, 1.807) is 0 Å². The lowest BCUT2D eigenvalue weighted by atomic mass is 9.96. The zero-order valence-corrected chi connectivity index (χ0v) is 10.4. The van der Waals surface area contributed by atoms with E-state index in [1.807, 2.05) is 6.20 Å². The highest BCUT2D eigenvalue weighted by molar-refractivity contribution is 6.22. The number of pyridine rings is 2. The normalized spacial score (nSPS) is 11.9. The van der Waals surface area contributed by atoms with Crippen LogP contribution in [0.25, 0.3) is 32.4 Å². The first-order valence-electron chi connectivity index (χ1n) is 6.12. The predicted octanol–water partition coefficient (Wildman–Crippen LogP) is 3.99. The third-order valence-corrected chi connectivity index (χ3v) is 3.74. The van der Waals surface area contributed by atoms with Crippen molar-refractivity contribution in [1.29, 1.82) is 0 Å². The fourth-order valence-electron chi connectivity index (χ4n) is 2.89. The largest absolute Gasteiger partial charge is 0.257 e. The van der Waals surface area contributed by atoms with Gasteiger partial charge in [0.2, 0.25) is 0 Å². The van der Waals surface area contributed by atoms with Crippen molar-refractivity contribution in [2.75, 3.05) is 0 Å². The molecule has 2 aromatic heterocycles. The molecule has 2 heterocycles. The molecule has 0 atom stereocenters. The summed E-state index contributed by atoms with van der Waals surface area (Å²) in [6, 6.07) is 10.6. The van der Waals surface area contributed by atoms with Gasteiger partial charge in [-0.2, -0.15) is 0 Å². The number of hydrogen-bond donors (Lipinski definition) is 0. The van der Waals surface area contributed by atoms with Crippen LogP contribution >= 0.6 is 0 Å². The van der Waals surface area contributed by atoms with Crippen LogP contribution in [-0.2, 0) is 0 Å². The quantitative estimate of drug-likeness (QED) is 0.428. The summed E-state index contributed by atoms with van der Waals surface area (Å²) in [7, 11) is 0. The van der Waals surface area contributed by atoms with Gasteiger partial charge in [0.25, 0.3) is 0 Å². The Morgan fingerprint density at radius 3 is 2.56 bits per heavy atom. The summed E-state index contributed by atoms with van der Waals surface area (Å²) in [6.45, 7) is 4.13. The van der Waals surface area contributed by atoms with E-state index < -0.39 is 0 Å². The van der Waals surface area contributed by atoms with Gasteiger partial charge in [0.15, 0.2) is 0 Å². The van der Waals surface area contributed by atoms with E-state index in [4.69, 9.17) is 0 Å². The molecule has 86 valence electrons. The molecule has 0 radical (unpaired) electrons. The van der Waals surface area contributed by atoms with Crippen LogP contribution in [0.4, 0.5) is 0 Å². The third kappa shape index (κ3) is 1.07. The fourth-order valence-corrected chi connectivity index (χ4v) is 2.89. The average molecular weight is 232 g/mol. The number of aromatic nitrogens is 2. The Balaban J connectivity index is 2.48. The molecule has 18 heavy (non-hydrogen) atoms. The van der Waals surface area contributed by atoms with Crippen LogP contribution in [0.3, 0.4) is 0 Å². The maximum Gasteiger partial charge on any atom is 0.0714 e. The van der Waals surface area contributed by atoms with Gasteiger partial charge < -0.3 is 0 Å². The molecule has 0 aliphatic rings. The zero-order valence-electron chi connectivity index (χ0n) is 10.4. The van der Waals surface area contributed by atoms with Gasteiger partial charge in [-0.3, -0.25) is 9.97 Å². The number of aryl methyl sites for hydroxylation is 2. The van der Waals surface area contributed by atoms with Crippen molar-refractivity contribution in [3.63, 3.8) is 0 Å². The predicted molar refractivity (Wildman–Crippen MR) is 75.2 cm³/mol. The van der Waals surface area contributed by atoms with Gasteiger partial charge in [-0.05, 0) is 25.3 Å². The van der Waals surface area contributed by atoms with Crippen molar-refractivity contribution in [3.05, 3.63) is 47.9 Å². The van der Waals surface area contributed by atoms with Crippen LogP contribution in [0.1, 0.15) is 11.4 Å². The molecule has 0 N–H and O–H groups in total. The van der Waals surface area contributed by atoms with Crippen molar-refractivity contribution in [3.8, 4) is 0 Å². The molecule has 2 aromatic carbocycles. The van der Waals surface area contributed by atoms with Gasteiger partial charge in [-0.1, -0.05) is 24.3 Å². The lowest BCUT2D eigenvalue weighted by Crippen LogP contribution is -1.94. The van der Waals surface area contributed by atoms with Crippen LogP contribution in [0, 0.1) is 13.8 Å². The van der Waals surface area contributed by atoms with Crippen molar-refractivity contribution in [2.45, 2.75) is 13.8 Å². The lowest BCUT2D eigenvalue weighted by molar-refractivity contribution is 1.16. The molecule has 0 unspecified atom stereocenters. The van der Waals surface area contributed by atoms with E-state index in [0.29, 0.717) is 0 Å². The fraction of sp³-hybridized carbons (Fsp3) is 0.125. The molecular weight excluding hydrogens is 220 g/mol. The summed E-state index contributed by atoms with van der Waals surface area (Å²) in [5, 5.41) is 6.23. The highest BCUT2D eigenvalue weighted by atomic mass is 14.7. The average Bonchev–Trinajstić information content (AvgIpc) is 2.38. The Morgan fingerprint density at radius 1 is 0.833 bits per heavy atom. The Hall–Kier alpha value is -2.22. The summed E-state index contributed by atoms with van der Waals surface area (Å²) < 4.78 is 0. The molecule has 2 heteroatoms. The third-order valence-electron chi connectivity index (χ3n) is 3.74. The topological polar surface area (TPSA) is 25.8 Å². The van der Waals surface area contributed by atoms with E-state index in [2.05, 4.69) is 54.1 Å². The summed E-state index contributed by atoms with van der Waals surface area (Å²) in [6.07, 6.45) is 1.95. The number of nitrogens with zero attached hydrogens (tertiary/aromatic N) is 2. The molecule has 4 rings (SSSR count). The minimum Gasteiger partial charge on any atom is -0.257 e. The molecule has 0 amide bonds. The van der Waals surface area contributed by atoms with Crippen LogP contribution < -0.4 is 0 Å². The SMILES string of the molecule is Cc1nc(C)c2cnc3cccc4ccc1c2c43. The molecule has 0 saturated heterocycles. The molecule has 2 nitrogen and oxygen atoms in total. The second-order valence-corrected chi connectivity index (χ2v) is 4.82. The maximum atomic E-state index is 4.62. The van der Waals surface area contributed by atoms with Gasteiger partial charge >= 0.3 is 0 Å². The summed E-state index contributed by atoms with van der Waals surface area (Å²) in [4.78, 5) is 9.18. The molecule has 0 bridgehead atoms. The van der Waals surface area contributed by atoms with Gasteiger partial charge in [-0.25, -0.2) is 0 Å². The Bertz CT molecular complexity index is 827. The van der Waals surface area contributed by atoms with Crippen molar-refractivity contribution >= 4 is 32.4 Å². The second-order valence-electron chi connectivity index (χ2n) is 4.82. The number of hydrogen-bond acceptors (Lipinski definition) is 2. The molecule has 0 aliphatic heterocycles. The van der Waals surface area contributed by atoms with Gasteiger partial charge in [-0.15, -0.1) is 0 Å². The maximum absolute atomic E-state index is 4.62. The number of benzene rings is 2. The van der Waals surface area contributed by atoms with E-state index in [-0.39, 0.29) is 0 Å². The van der Waals surface area contributed by atoms with Gasteiger partial charge in [0.1, 0.15) is 0 Å². The highest BCUT2D eigenvalue weighted by Gasteiger charge is 2.12. The van der Waals surface area contributed by atoms with Crippen LogP contribution in [0.15, 0.2) is 36.5 Å². The zero-order chi connectivity index (χ0) is 12.3. The van der Waals surface area contributed by atoms with Crippen LogP contribution in [-0.4, -0.2) is 9.97 Å². The Labute approximate surface area is 105 Å². The van der Waals surface area contributed by atoms with E-state index in [9.17, 15) is 0 Å². The van der Waals surface area contributed by atoms with Crippen molar-refractivity contribution in [1.82, 2.24) is 9.97 Å². The van der Waals surface area contributed by atoms with Crippen molar-refractivity contribution in [2.24, 2.45) is 0 Å². The van der Waals surface area contributed by atoms with Crippen molar-refractivity contribution < 1.29 is 0 Å². The molecular formula is C16H12N2. The molecule has 4 aromatic rings. The van der Waals surface area contributed by atoms with Crippen LogP contribution in [0.2, 0.25) is 0 Å². The first kappa shape index (κ1) is 9.77. The second kappa shape index (κ2) is 3.16. The minimum absolute atomic E-state index is 1.06. The molecule has 0 spiro atoms. The van der Waals surface area contributed by atoms with E-state index in [0.717, 1.165) is 16.9 Å². The summed E-state index contributed by atoms with van der Waals surface area (Å²) >= 11 is 0. The van der Waals surface area contributed by atoms with E-state index in [1.165, 1.54) is 26.9 Å². The monoisotopic (exact) mass is 232 g/mol. The minimum atomic E-state index is 1.06. The summed E-state index contributed by atoms with van der Waals surface area (Å²) in [5.74, 6) is 0. The first-order chi connectivity index (χ1) is 8.75. The number of rotatable bonds is 0. The Morgan fingerprint density at radius 2 is 1.67 bits per heavy atom. The highest BCUT2D eigenvalue weighted by Crippen LogP contribution is 2.34. The lowest BCUT2D eigenvalue weighted by Gasteiger charge is -2.12. The summed E-state index contributed by atoms with van der Waals surface area (Å²) in [5.41, 5.74) is 3.22. The van der Waals surface area contributed by atoms with Gasteiger partial charge in [0, 0.05) is 39.1 Å². The van der Waals surface area contributed by atoms with Crippen LogP contribution in [0.5, 0.6) is 0 Å². The molecule has 0 aliphatic carbocycles. The van der Waals surface area contributed by atoms with E-state index >= 15 is 0 Å². The first-order valence-corrected chi connectivity index (χ1v) is 6.12. The van der Waals surface area contributed by atoms with Gasteiger partial charge in [0.05, 0.1) is 5.52 Å². The standard InChI is InChI=1S/C16H12N2/c1-9-12-7-6-11-4-3-5-14-15(11)16(12)13(8-17-14)10(2)18-9/h3-8H,1-2H3. The Kier molecular flexibility index (Phi) is 1.72. The molecule has 0 saturated carbocycles. The molecule has 0 fully saturated rings. The smallest absolute Gasteiger partial charge is 0.0714 e.